The molecular weight excluding hydrogens is 384 g/mol. The van der Waals surface area contributed by atoms with Crippen molar-refractivity contribution in [3.8, 4) is 0 Å². The van der Waals surface area contributed by atoms with Gasteiger partial charge in [-0.1, -0.05) is 39.5 Å². The number of hydrogen-bond donors (Lipinski definition) is 0. The molecule has 1 rings (SSSR count). The Labute approximate surface area is 172 Å². The number of esters is 4. The average Bonchev–Trinajstić information content (AvgIpc) is 2.61. The van der Waals surface area contributed by atoms with Crippen LogP contribution in [0.25, 0.3) is 0 Å². The lowest BCUT2D eigenvalue weighted by molar-refractivity contribution is -0.231. The normalized spacial score (nSPS) is 23.1. The van der Waals surface area contributed by atoms with Crippen LogP contribution in [0.1, 0.15) is 67.2 Å². The van der Waals surface area contributed by atoms with Crippen molar-refractivity contribution in [2.75, 3.05) is 13.2 Å². The predicted octanol–water partition coefficient (Wildman–Crippen LogP) is 2.33. The monoisotopic (exact) mass is 418 g/mol. The first-order valence-electron chi connectivity index (χ1n) is 9.88. The third-order valence-corrected chi connectivity index (χ3v) is 3.86. The third-order valence-electron chi connectivity index (χ3n) is 3.86. The molecule has 9 nitrogen and oxygen atoms in total. The number of rotatable bonds is 8. The molecule has 0 aromatic carbocycles. The summed E-state index contributed by atoms with van der Waals surface area (Å²) in [6.07, 6.45) is 1.62. The van der Waals surface area contributed by atoms with Gasteiger partial charge in [0, 0.05) is 27.7 Å². The summed E-state index contributed by atoms with van der Waals surface area (Å²) in [5.41, 5.74) is 0. The van der Waals surface area contributed by atoms with E-state index in [4.69, 9.17) is 23.7 Å². The van der Waals surface area contributed by atoms with E-state index in [1.165, 1.54) is 53.4 Å². The molecule has 1 saturated heterocycles. The maximum absolute atomic E-state index is 11.3. The molecule has 0 amide bonds. The number of hydrogen-bond acceptors (Lipinski definition) is 9. The summed E-state index contributed by atoms with van der Waals surface area (Å²) >= 11 is 0. The summed E-state index contributed by atoms with van der Waals surface area (Å²) in [7, 11) is 0. The van der Waals surface area contributed by atoms with Crippen molar-refractivity contribution in [2.24, 2.45) is 0 Å². The lowest BCUT2D eigenvalue weighted by Gasteiger charge is -2.40. The van der Waals surface area contributed by atoms with E-state index in [9.17, 15) is 19.2 Å². The van der Waals surface area contributed by atoms with Gasteiger partial charge in [-0.25, -0.2) is 0 Å². The number of unbranched alkanes of at least 4 members (excludes halogenated alkanes) is 3. The molecule has 0 N–H and O–H groups in total. The minimum absolute atomic E-state index is 0.0960. The molecule has 1 aliphatic heterocycles. The van der Waals surface area contributed by atoms with E-state index < -0.39 is 48.3 Å². The molecule has 0 spiro atoms. The Kier molecular flexibility index (Phi) is 13.7. The molecule has 1 fully saturated rings. The van der Waals surface area contributed by atoms with Crippen molar-refractivity contribution in [2.45, 2.75) is 91.6 Å². The van der Waals surface area contributed by atoms with Crippen LogP contribution in [0, 0.1) is 0 Å². The Morgan fingerprint density at radius 2 is 1.24 bits per heavy atom. The van der Waals surface area contributed by atoms with Crippen molar-refractivity contribution in [1.29, 1.82) is 0 Å². The van der Waals surface area contributed by atoms with Gasteiger partial charge in [-0.05, 0) is 0 Å². The fourth-order valence-corrected chi connectivity index (χ4v) is 2.66. The topological polar surface area (TPSA) is 114 Å². The van der Waals surface area contributed by atoms with Gasteiger partial charge >= 0.3 is 23.9 Å². The zero-order chi connectivity index (χ0) is 22.4. The largest absolute Gasteiger partial charge is 0.463 e. The van der Waals surface area contributed by atoms with E-state index in [1.54, 1.807) is 0 Å². The van der Waals surface area contributed by atoms with Crippen molar-refractivity contribution in [3.05, 3.63) is 0 Å². The van der Waals surface area contributed by atoms with E-state index in [0.717, 1.165) is 0 Å². The van der Waals surface area contributed by atoms with Crippen molar-refractivity contribution in [1.82, 2.24) is 0 Å². The minimum atomic E-state index is -1.08. The van der Waals surface area contributed by atoms with Crippen LogP contribution >= 0.6 is 0 Å². The first kappa shape index (κ1) is 26.8. The van der Waals surface area contributed by atoms with E-state index in [1.807, 2.05) is 0 Å². The molecule has 29 heavy (non-hydrogen) atoms. The molecule has 0 aromatic rings. The summed E-state index contributed by atoms with van der Waals surface area (Å²) in [4.78, 5) is 44.8. The van der Waals surface area contributed by atoms with Gasteiger partial charge in [0.05, 0.1) is 6.61 Å². The highest BCUT2D eigenvalue weighted by Crippen LogP contribution is 2.24. The van der Waals surface area contributed by atoms with Gasteiger partial charge in [-0.3, -0.25) is 19.2 Å². The summed E-state index contributed by atoms with van der Waals surface area (Å²) in [6.45, 7) is 8.92. The molecule has 0 saturated carbocycles. The highest BCUT2D eigenvalue weighted by Gasteiger charge is 2.47. The van der Waals surface area contributed by atoms with Crippen LogP contribution in [0.3, 0.4) is 0 Å². The zero-order valence-corrected chi connectivity index (χ0v) is 18.2. The van der Waals surface area contributed by atoms with Crippen LogP contribution in [-0.4, -0.2) is 61.5 Å². The number of carbonyl (C=O) groups is 4. The van der Waals surface area contributed by atoms with Crippen LogP contribution in [0.5, 0.6) is 0 Å². The van der Waals surface area contributed by atoms with Crippen molar-refractivity contribution < 1.29 is 42.9 Å². The zero-order valence-electron chi connectivity index (χ0n) is 18.2. The quantitative estimate of drug-likeness (QED) is 0.333. The summed E-state index contributed by atoms with van der Waals surface area (Å²) < 4.78 is 25.6. The highest BCUT2D eigenvalue weighted by molar-refractivity contribution is 5.68. The Balaban J connectivity index is 0.00000113. The van der Waals surface area contributed by atoms with E-state index in [-0.39, 0.29) is 13.2 Å². The van der Waals surface area contributed by atoms with Crippen LogP contribution in [0.4, 0.5) is 0 Å². The van der Waals surface area contributed by atoms with Crippen LogP contribution in [0.15, 0.2) is 0 Å². The molecular formula is C20H34O9. The summed E-state index contributed by atoms with van der Waals surface area (Å²) in [5, 5.41) is 0. The Bertz CT molecular complexity index is 528. The number of carbonyl (C=O) groups excluding carboxylic acids is 4. The Hall–Kier alpha value is -2.16. The molecule has 0 radical (unpaired) electrons. The maximum atomic E-state index is 11.3. The minimum Gasteiger partial charge on any atom is -0.463 e. The second-order valence-electron chi connectivity index (χ2n) is 6.68. The molecule has 1 aliphatic rings. The van der Waals surface area contributed by atoms with E-state index in [0.29, 0.717) is 0 Å². The fraction of sp³-hybridized carbons (Fsp3) is 0.800. The van der Waals surface area contributed by atoms with Gasteiger partial charge in [0.1, 0.15) is 12.7 Å². The van der Waals surface area contributed by atoms with E-state index in [2.05, 4.69) is 13.8 Å². The molecule has 1 heterocycles. The van der Waals surface area contributed by atoms with Gasteiger partial charge < -0.3 is 23.7 Å². The van der Waals surface area contributed by atoms with Crippen LogP contribution in [-0.2, 0) is 42.9 Å². The standard InChI is InChI=1S/C14H20O9.C6H14/c1-7(15)19-5-11-13(22-9(3)17)14(23-10(4)18)12(6-20-11)21-8(2)16;1-3-5-6-4-2/h11-14H,5-6H2,1-4H3;3-6H2,1-2H3/t11?,12-,13?,14+;/m1./s1. The van der Waals surface area contributed by atoms with Crippen LogP contribution in [0.2, 0.25) is 0 Å². The molecule has 2 unspecified atom stereocenters. The van der Waals surface area contributed by atoms with Gasteiger partial charge in [-0.15, -0.1) is 0 Å². The molecule has 0 bridgehead atoms. The van der Waals surface area contributed by atoms with Crippen molar-refractivity contribution in [3.63, 3.8) is 0 Å². The first-order chi connectivity index (χ1) is 13.6. The average molecular weight is 418 g/mol. The van der Waals surface area contributed by atoms with E-state index >= 15 is 0 Å². The second-order valence-corrected chi connectivity index (χ2v) is 6.68. The molecule has 0 aromatic heterocycles. The summed E-state index contributed by atoms with van der Waals surface area (Å²) in [5.74, 6) is -2.43. The van der Waals surface area contributed by atoms with Gasteiger partial charge in [0.2, 0.25) is 0 Å². The Morgan fingerprint density at radius 3 is 1.66 bits per heavy atom. The molecule has 9 heteroatoms. The van der Waals surface area contributed by atoms with Gasteiger partial charge in [0.25, 0.3) is 0 Å². The molecule has 0 aliphatic carbocycles. The number of ether oxygens (including phenoxy) is 5. The molecule has 4 atom stereocenters. The smallest absolute Gasteiger partial charge is 0.303 e. The highest BCUT2D eigenvalue weighted by atomic mass is 16.7. The summed E-state index contributed by atoms with van der Waals surface area (Å²) in [6, 6.07) is 0. The first-order valence-corrected chi connectivity index (χ1v) is 9.88. The predicted molar refractivity (Wildman–Crippen MR) is 103 cm³/mol. The fourth-order valence-electron chi connectivity index (χ4n) is 2.66. The SMILES string of the molecule is CC(=O)OCC1OC[C@@H](OC(C)=O)[C@H](OC(C)=O)C1OC(C)=O.CCCCCC. The third kappa shape index (κ3) is 12.1. The Morgan fingerprint density at radius 1 is 0.759 bits per heavy atom. The lowest BCUT2D eigenvalue weighted by atomic mass is 9.99. The van der Waals surface area contributed by atoms with Gasteiger partial charge in [0.15, 0.2) is 18.3 Å². The molecule has 168 valence electrons. The lowest BCUT2D eigenvalue weighted by Crippen LogP contribution is -2.58. The van der Waals surface area contributed by atoms with Crippen molar-refractivity contribution >= 4 is 23.9 Å². The maximum Gasteiger partial charge on any atom is 0.303 e. The second kappa shape index (κ2) is 14.8. The van der Waals surface area contributed by atoms with Gasteiger partial charge in [-0.2, -0.15) is 0 Å². The van der Waals surface area contributed by atoms with Crippen LogP contribution < -0.4 is 0 Å².